The van der Waals surface area contributed by atoms with Crippen molar-refractivity contribution in [1.82, 2.24) is 14.9 Å². The van der Waals surface area contributed by atoms with Gasteiger partial charge in [-0.1, -0.05) is 74.0 Å². The Morgan fingerprint density at radius 2 is 1.40 bits per heavy atom. The van der Waals surface area contributed by atoms with E-state index in [-0.39, 0.29) is 5.97 Å². The number of hydrogen-bond donors (Lipinski definition) is 0. The van der Waals surface area contributed by atoms with E-state index < -0.39 is 0 Å². The summed E-state index contributed by atoms with van der Waals surface area (Å²) >= 11 is 0. The fraction of sp³-hybridized carbons (Fsp3) is 0.394. The van der Waals surface area contributed by atoms with Crippen molar-refractivity contribution in [1.29, 1.82) is 0 Å². The van der Waals surface area contributed by atoms with Gasteiger partial charge in [-0.05, 0) is 51.4 Å². The maximum Gasteiger partial charge on any atom is 0.343 e. The number of allylic oxidation sites excluding steroid dienone is 1. The Bertz CT molecular complexity index is 1170. The first-order valence-electron chi connectivity index (χ1n) is 13.8. The summed E-state index contributed by atoms with van der Waals surface area (Å²) < 4.78 is 5.06. The topological polar surface area (TPSA) is 110 Å². The van der Waals surface area contributed by atoms with Gasteiger partial charge in [-0.25, -0.2) is 14.8 Å². The number of benzene rings is 2. The molecule has 2 heterocycles. The molecule has 1 aliphatic carbocycles. The van der Waals surface area contributed by atoms with E-state index in [2.05, 4.69) is 82.8 Å². The van der Waals surface area contributed by atoms with Gasteiger partial charge < -0.3 is 28.9 Å². The number of esters is 1. The first-order valence-corrected chi connectivity index (χ1v) is 13.8. The summed E-state index contributed by atoms with van der Waals surface area (Å²) in [6, 6.07) is 14.9. The van der Waals surface area contributed by atoms with Gasteiger partial charge in [0, 0.05) is 32.4 Å². The quantitative estimate of drug-likeness (QED) is 0.286. The fourth-order valence-corrected chi connectivity index (χ4v) is 3.47. The lowest BCUT2D eigenvalue weighted by Gasteiger charge is -2.33. The van der Waals surface area contributed by atoms with E-state index in [9.17, 15) is 4.79 Å². The van der Waals surface area contributed by atoms with Crippen LogP contribution < -0.4 is 4.90 Å². The highest BCUT2D eigenvalue weighted by Gasteiger charge is 2.22. The first-order chi connectivity index (χ1) is 20.4. The summed E-state index contributed by atoms with van der Waals surface area (Å²) in [5, 5.41) is 2.64. The number of carbonyl (C=O) groups excluding carboxylic acids is 4. The van der Waals surface area contributed by atoms with E-state index in [0.717, 1.165) is 26.2 Å². The Labute approximate surface area is 251 Å². The average molecular weight is 581 g/mol. The molecule has 42 heavy (non-hydrogen) atoms. The minimum Gasteiger partial charge on any atom is -0.462 e. The standard InChI is InChI=1S/C13H20N4O2.C11H10.C4H6.C2H6.3CH2O/c1-4-19-13(18)11-9-14-10(2)15-12(11)17-7-5-16(3)6-8-17;1-9-6-7-10-4-2-3-5-11(10)8-9;1-4-2-3-4;4*1-2/h9H,4-8H2,1-3H3;2-8H,1H3;1-3H2;1-2H3;3*1H2. The van der Waals surface area contributed by atoms with Crippen LogP contribution in [0.1, 0.15) is 55.4 Å². The van der Waals surface area contributed by atoms with E-state index in [1.54, 1.807) is 13.1 Å². The fourth-order valence-electron chi connectivity index (χ4n) is 3.47. The number of ether oxygens (including phenoxy) is 1. The van der Waals surface area contributed by atoms with Crippen LogP contribution in [0.4, 0.5) is 5.82 Å². The number of aromatic nitrogens is 2. The van der Waals surface area contributed by atoms with E-state index in [1.165, 1.54) is 34.8 Å². The van der Waals surface area contributed by atoms with Crippen LogP contribution in [0.25, 0.3) is 10.8 Å². The third-order valence-electron chi connectivity index (χ3n) is 5.70. The van der Waals surface area contributed by atoms with Crippen molar-refractivity contribution in [3.63, 3.8) is 0 Å². The minimum atomic E-state index is -0.351. The molecule has 1 aromatic heterocycles. The molecule has 9 nitrogen and oxygen atoms in total. The summed E-state index contributed by atoms with van der Waals surface area (Å²) in [5.41, 5.74) is 3.20. The largest absolute Gasteiger partial charge is 0.462 e. The summed E-state index contributed by atoms with van der Waals surface area (Å²) in [6.45, 7) is 23.4. The molecule has 9 heteroatoms. The predicted molar refractivity (Wildman–Crippen MR) is 172 cm³/mol. The van der Waals surface area contributed by atoms with Crippen molar-refractivity contribution in [3.05, 3.63) is 77.8 Å². The molecule has 0 radical (unpaired) electrons. The van der Waals surface area contributed by atoms with Gasteiger partial charge in [-0.3, -0.25) is 0 Å². The average Bonchev–Trinajstić information content (AvgIpc) is 3.84. The third-order valence-corrected chi connectivity index (χ3v) is 5.70. The molecule has 0 unspecified atom stereocenters. The zero-order valence-corrected chi connectivity index (χ0v) is 26.2. The van der Waals surface area contributed by atoms with Crippen LogP contribution in [-0.2, 0) is 19.1 Å². The molecule has 0 N–H and O–H groups in total. The SMILES string of the molecule is C=C1CC1.C=O.C=O.C=O.CC.CCOC(=O)c1cnc(C)nc1N1CCN(C)CC1.Cc1ccc2ccccc2c1. The highest BCUT2D eigenvalue weighted by molar-refractivity contribution is 5.94. The number of piperazine rings is 1. The number of likely N-dealkylation sites (N-methyl/N-ethyl adjacent to an activating group) is 1. The molecule has 0 spiro atoms. The van der Waals surface area contributed by atoms with Crippen LogP contribution in [-0.4, -0.2) is 81.0 Å². The molecule has 1 aliphatic heterocycles. The summed E-state index contributed by atoms with van der Waals surface area (Å²) in [6.07, 6.45) is 4.15. The number of nitrogens with zero attached hydrogens (tertiary/aromatic N) is 4. The Balaban J connectivity index is 0. The van der Waals surface area contributed by atoms with Crippen molar-refractivity contribution in [2.75, 3.05) is 44.7 Å². The van der Waals surface area contributed by atoms with Gasteiger partial charge in [0.25, 0.3) is 0 Å². The maximum atomic E-state index is 11.9. The van der Waals surface area contributed by atoms with E-state index in [4.69, 9.17) is 19.1 Å². The second-order valence-corrected chi connectivity index (χ2v) is 8.77. The maximum absolute atomic E-state index is 11.9. The zero-order chi connectivity index (χ0) is 32.5. The van der Waals surface area contributed by atoms with Crippen molar-refractivity contribution in [2.24, 2.45) is 0 Å². The lowest BCUT2D eigenvalue weighted by atomic mass is 10.1. The molecule has 2 aromatic carbocycles. The predicted octanol–water partition coefficient (Wildman–Crippen LogP) is 5.67. The van der Waals surface area contributed by atoms with Crippen molar-refractivity contribution < 1.29 is 23.9 Å². The third kappa shape index (κ3) is 15.5. The van der Waals surface area contributed by atoms with Crippen LogP contribution in [0, 0.1) is 13.8 Å². The highest BCUT2D eigenvalue weighted by atomic mass is 16.5. The van der Waals surface area contributed by atoms with Crippen LogP contribution in [0.3, 0.4) is 0 Å². The zero-order valence-electron chi connectivity index (χ0n) is 26.2. The van der Waals surface area contributed by atoms with Gasteiger partial charge in [-0.15, -0.1) is 0 Å². The van der Waals surface area contributed by atoms with Crippen LogP contribution in [0.5, 0.6) is 0 Å². The Morgan fingerprint density at radius 3 is 1.90 bits per heavy atom. The lowest BCUT2D eigenvalue weighted by Crippen LogP contribution is -2.45. The molecule has 1 saturated heterocycles. The number of fused-ring (bicyclic) bond motifs is 1. The molecule has 2 aliphatic rings. The minimum absolute atomic E-state index is 0.351. The van der Waals surface area contributed by atoms with Crippen LogP contribution in [0.2, 0.25) is 0 Å². The van der Waals surface area contributed by atoms with Crippen LogP contribution in [0.15, 0.2) is 60.8 Å². The molecule has 0 bridgehead atoms. The molecular weight excluding hydrogens is 532 g/mol. The Hall–Kier alpha value is -4.24. The summed E-state index contributed by atoms with van der Waals surface area (Å²) in [7, 11) is 2.09. The molecule has 2 fully saturated rings. The number of rotatable bonds is 3. The molecule has 230 valence electrons. The van der Waals surface area contributed by atoms with Gasteiger partial charge >= 0.3 is 5.97 Å². The molecular formula is C33H48N4O5. The van der Waals surface area contributed by atoms with Gasteiger partial charge in [0.1, 0.15) is 37.6 Å². The van der Waals surface area contributed by atoms with Gasteiger partial charge in [0.05, 0.1) is 6.61 Å². The van der Waals surface area contributed by atoms with Crippen molar-refractivity contribution >= 4 is 42.9 Å². The monoisotopic (exact) mass is 580 g/mol. The smallest absolute Gasteiger partial charge is 0.343 e. The van der Waals surface area contributed by atoms with Crippen molar-refractivity contribution in [3.8, 4) is 0 Å². The second kappa shape index (κ2) is 24.5. The number of hydrogen-bond acceptors (Lipinski definition) is 9. The van der Waals surface area contributed by atoms with E-state index >= 15 is 0 Å². The molecule has 0 atom stereocenters. The normalized spacial score (nSPS) is 12.6. The van der Waals surface area contributed by atoms with Gasteiger partial charge in [-0.2, -0.15) is 0 Å². The number of aryl methyl sites for hydroxylation is 2. The van der Waals surface area contributed by atoms with Gasteiger partial charge in [0.2, 0.25) is 0 Å². The lowest BCUT2D eigenvalue weighted by molar-refractivity contribution is -0.0987. The number of anilines is 1. The molecule has 1 saturated carbocycles. The van der Waals surface area contributed by atoms with E-state index in [1.807, 2.05) is 41.1 Å². The van der Waals surface area contributed by atoms with Crippen LogP contribution >= 0.6 is 0 Å². The summed E-state index contributed by atoms with van der Waals surface area (Å²) in [4.78, 5) is 48.9. The van der Waals surface area contributed by atoms with Gasteiger partial charge in [0.15, 0.2) is 0 Å². The Kier molecular flexibility index (Phi) is 23.3. The number of carbonyl (C=O) groups is 4. The second-order valence-electron chi connectivity index (χ2n) is 8.77. The molecule has 5 rings (SSSR count). The molecule has 3 aromatic rings. The van der Waals surface area contributed by atoms with Crippen molar-refractivity contribution in [2.45, 2.75) is 47.5 Å². The summed E-state index contributed by atoms with van der Waals surface area (Å²) in [5.74, 6) is 1.01. The Morgan fingerprint density at radius 1 is 0.881 bits per heavy atom. The van der Waals surface area contributed by atoms with E-state index in [0.29, 0.717) is 23.8 Å². The highest BCUT2D eigenvalue weighted by Crippen LogP contribution is 2.24. The molecule has 0 amide bonds. The first kappa shape index (κ1) is 39.9.